The van der Waals surface area contributed by atoms with Crippen LogP contribution < -0.4 is 10.1 Å². The van der Waals surface area contributed by atoms with Gasteiger partial charge in [-0.05, 0) is 65.0 Å². The molecular formula is C29H33BrN2O3. The average Bonchev–Trinajstić information content (AvgIpc) is 2.87. The lowest BCUT2D eigenvalue weighted by Crippen LogP contribution is -2.51. The zero-order valence-electron chi connectivity index (χ0n) is 20.6. The van der Waals surface area contributed by atoms with Crippen LogP contribution >= 0.6 is 15.9 Å². The third-order valence-corrected chi connectivity index (χ3v) is 6.47. The lowest BCUT2D eigenvalue weighted by atomic mass is 10.0. The summed E-state index contributed by atoms with van der Waals surface area (Å²) < 4.78 is 6.71. The summed E-state index contributed by atoms with van der Waals surface area (Å²) in [6.45, 7) is 6.62. The molecule has 0 aromatic heterocycles. The SMILES string of the molecule is CCNC(=O)C(Cc1ccccc1)N(Cc1ccc(C)cc1)C(=O)COc1ccc(CC)cc1Br. The molecule has 0 saturated carbocycles. The van der Waals surface area contributed by atoms with Crippen molar-refractivity contribution in [3.05, 3.63) is 99.5 Å². The van der Waals surface area contributed by atoms with Gasteiger partial charge in [-0.25, -0.2) is 0 Å². The van der Waals surface area contributed by atoms with E-state index >= 15 is 0 Å². The molecule has 0 fully saturated rings. The van der Waals surface area contributed by atoms with Crippen LogP contribution in [0.15, 0.2) is 77.3 Å². The first-order valence-corrected chi connectivity index (χ1v) is 12.8. The number of hydrogen-bond donors (Lipinski definition) is 1. The van der Waals surface area contributed by atoms with Crippen LogP contribution in [-0.4, -0.2) is 35.9 Å². The maximum absolute atomic E-state index is 13.6. The summed E-state index contributed by atoms with van der Waals surface area (Å²) in [5, 5.41) is 2.91. The molecule has 1 N–H and O–H groups in total. The highest BCUT2D eigenvalue weighted by molar-refractivity contribution is 9.10. The quantitative estimate of drug-likeness (QED) is 0.353. The Balaban J connectivity index is 1.88. The van der Waals surface area contributed by atoms with Gasteiger partial charge in [-0.1, -0.05) is 73.2 Å². The molecule has 0 aliphatic carbocycles. The monoisotopic (exact) mass is 536 g/mol. The first-order chi connectivity index (χ1) is 16.9. The molecule has 1 unspecified atom stereocenters. The van der Waals surface area contributed by atoms with Crippen LogP contribution in [0.25, 0.3) is 0 Å². The van der Waals surface area contributed by atoms with Gasteiger partial charge in [-0.2, -0.15) is 0 Å². The topological polar surface area (TPSA) is 58.6 Å². The molecular weight excluding hydrogens is 504 g/mol. The van der Waals surface area contributed by atoms with Crippen molar-refractivity contribution in [2.75, 3.05) is 13.2 Å². The molecule has 0 aliphatic rings. The molecule has 0 heterocycles. The molecule has 0 saturated heterocycles. The highest BCUT2D eigenvalue weighted by Gasteiger charge is 2.30. The lowest BCUT2D eigenvalue weighted by Gasteiger charge is -2.31. The molecule has 6 heteroatoms. The van der Waals surface area contributed by atoms with E-state index in [2.05, 4.69) is 28.2 Å². The number of rotatable bonds is 11. The van der Waals surface area contributed by atoms with E-state index in [1.807, 2.05) is 86.6 Å². The summed E-state index contributed by atoms with van der Waals surface area (Å²) in [6, 6.07) is 23.0. The van der Waals surface area contributed by atoms with E-state index in [0.717, 1.165) is 27.6 Å². The van der Waals surface area contributed by atoms with E-state index in [9.17, 15) is 9.59 Å². The third kappa shape index (κ3) is 7.69. The Hall–Kier alpha value is -3.12. The number of amides is 2. The Morgan fingerprint density at radius 2 is 1.63 bits per heavy atom. The fraction of sp³-hybridized carbons (Fsp3) is 0.310. The minimum atomic E-state index is -0.666. The van der Waals surface area contributed by atoms with Crippen molar-refractivity contribution in [1.29, 1.82) is 0 Å². The Morgan fingerprint density at radius 1 is 0.943 bits per heavy atom. The van der Waals surface area contributed by atoms with Crippen molar-refractivity contribution >= 4 is 27.7 Å². The zero-order chi connectivity index (χ0) is 25.2. The van der Waals surface area contributed by atoms with Crippen molar-refractivity contribution in [2.24, 2.45) is 0 Å². The summed E-state index contributed by atoms with van der Waals surface area (Å²) in [7, 11) is 0. The number of carbonyl (C=O) groups is 2. The second-order valence-corrected chi connectivity index (χ2v) is 9.37. The van der Waals surface area contributed by atoms with Crippen LogP contribution in [0.5, 0.6) is 5.75 Å². The minimum Gasteiger partial charge on any atom is -0.483 e. The molecule has 0 bridgehead atoms. The van der Waals surface area contributed by atoms with Gasteiger partial charge in [0.2, 0.25) is 5.91 Å². The number of aryl methyl sites for hydroxylation is 2. The largest absolute Gasteiger partial charge is 0.483 e. The van der Waals surface area contributed by atoms with E-state index < -0.39 is 6.04 Å². The van der Waals surface area contributed by atoms with Gasteiger partial charge in [0, 0.05) is 19.5 Å². The van der Waals surface area contributed by atoms with Gasteiger partial charge in [-0.15, -0.1) is 0 Å². The van der Waals surface area contributed by atoms with Crippen molar-refractivity contribution in [3.8, 4) is 5.75 Å². The second kappa shape index (κ2) is 13.1. The first-order valence-electron chi connectivity index (χ1n) is 12.0. The van der Waals surface area contributed by atoms with Crippen LogP contribution in [0, 0.1) is 6.92 Å². The molecule has 184 valence electrons. The average molecular weight is 537 g/mol. The standard InChI is InChI=1S/C29H33BrN2O3/c1-4-22-15-16-27(25(30)17-22)35-20-28(33)32(19-24-13-11-21(3)12-14-24)26(29(34)31-5-2)18-23-9-7-6-8-10-23/h6-17,26H,4-5,18-20H2,1-3H3,(H,31,34). The van der Waals surface area contributed by atoms with Gasteiger partial charge in [0.15, 0.2) is 6.61 Å². The van der Waals surface area contributed by atoms with Gasteiger partial charge < -0.3 is 15.0 Å². The van der Waals surface area contributed by atoms with Gasteiger partial charge in [0.05, 0.1) is 4.47 Å². The van der Waals surface area contributed by atoms with Crippen LogP contribution in [0.2, 0.25) is 0 Å². The van der Waals surface area contributed by atoms with Crippen molar-refractivity contribution in [2.45, 2.75) is 46.2 Å². The fourth-order valence-electron chi connectivity index (χ4n) is 3.84. The number of ether oxygens (including phenoxy) is 1. The normalized spacial score (nSPS) is 11.5. The van der Waals surface area contributed by atoms with E-state index in [-0.39, 0.29) is 18.4 Å². The second-order valence-electron chi connectivity index (χ2n) is 8.51. The number of hydrogen-bond acceptors (Lipinski definition) is 3. The third-order valence-electron chi connectivity index (χ3n) is 5.85. The first kappa shape index (κ1) is 26.5. The molecule has 5 nitrogen and oxygen atoms in total. The number of nitrogens with zero attached hydrogens (tertiary/aromatic N) is 1. The van der Waals surface area contributed by atoms with Crippen molar-refractivity contribution in [3.63, 3.8) is 0 Å². The lowest BCUT2D eigenvalue weighted by molar-refractivity contribution is -0.142. The Bertz CT molecular complexity index is 1120. The smallest absolute Gasteiger partial charge is 0.261 e. The summed E-state index contributed by atoms with van der Waals surface area (Å²) in [6.07, 6.45) is 1.33. The van der Waals surface area contributed by atoms with Crippen LogP contribution in [0.3, 0.4) is 0 Å². The fourth-order valence-corrected chi connectivity index (χ4v) is 4.38. The number of halogens is 1. The molecule has 3 rings (SSSR count). The molecule has 0 aliphatic heterocycles. The van der Waals surface area contributed by atoms with Gasteiger partial charge >= 0.3 is 0 Å². The predicted octanol–water partition coefficient (Wildman–Crippen LogP) is 5.47. The van der Waals surface area contributed by atoms with E-state index in [1.165, 1.54) is 5.56 Å². The molecule has 2 amide bonds. The zero-order valence-corrected chi connectivity index (χ0v) is 22.2. The summed E-state index contributed by atoms with van der Waals surface area (Å²) in [5.41, 5.74) is 4.26. The van der Waals surface area contributed by atoms with Gasteiger partial charge in [0.25, 0.3) is 5.91 Å². The summed E-state index contributed by atoms with van der Waals surface area (Å²) in [5.74, 6) is 0.179. The maximum atomic E-state index is 13.6. The minimum absolute atomic E-state index is 0.166. The van der Waals surface area contributed by atoms with Crippen LogP contribution in [0.1, 0.15) is 36.1 Å². The van der Waals surface area contributed by atoms with Crippen LogP contribution in [-0.2, 0) is 29.0 Å². The molecule has 3 aromatic carbocycles. The predicted molar refractivity (Wildman–Crippen MR) is 143 cm³/mol. The molecule has 35 heavy (non-hydrogen) atoms. The van der Waals surface area contributed by atoms with Crippen molar-refractivity contribution < 1.29 is 14.3 Å². The highest BCUT2D eigenvalue weighted by Crippen LogP contribution is 2.26. The van der Waals surface area contributed by atoms with E-state index in [1.54, 1.807) is 4.90 Å². The van der Waals surface area contributed by atoms with Crippen molar-refractivity contribution in [1.82, 2.24) is 10.2 Å². The van der Waals surface area contributed by atoms with Gasteiger partial charge in [-0.3, -0.25) is 9.59 Å². The van der Waals surface area contributed by atoms with E-state index in [0.29, 0.717) is 25.3 Å². The molecule has 0 radical (unpaired) electrons. The van der Waals surface area contributed by atoms with Gasteiger partial charge in [0.1, 0.15) is 11.8 Å². The number of likely N-dealkylation sites (N-methyl/N-ethyl adjacent to an activating group) is 1. The Labute approximate surface area is 216 Å². The summed E-state index contributed by atoms with van der Waals surface area (Å²) in [4.78, 5) is 28.4. The summed E-state index contributed by atoms with van der Waals surface area (Å²) >= 11 is 3.54. The number of benzene rings is 3. The number of nitrogens with one attached hydrogen (secondary N) is 1. The van der Waals surface area contributed by atoms with Crippen LogP contribution in [0.4, 0.5) is 0 Å². The Kier molecular flexibility index (Phi) is 9.91. The Morgan fingerprint density at radius 3 is 2.26 bits per heavy atom. The molecule has 1 atom stereocenters. The maximum Gasteiger partial charge on any atom is 0.261 e. The highest BCUT2D eigenvalue weighted by atomic mass is 79.9. The number of carbonyl (C=O) groups excluding carboxylic acids is 2. The molecule has 0 spiro atoms. The van der Waals surface area contributed by atoms with E-state index in [4.69, 9.17) is 4.74 Å². The molecule has 3 aromatic rings.